The summed E-state index contributed by atoms with van der Waals surface area (Å²) in [4.78, 5) is 41.1. The Morgan fingerprint density at radius 1 is 1.16 bits per heavy atom. The fourth-order valence-corrected chi connectivity index (χ4v) is 6.12. The number of carbonyl (C=O) groups is 1. The summed E-state index contributed by atoms with van der Waals surface area (Å²) in [5.41, 5.74) is 0.0703. The molecule has 1 unspecified atom stereocenters. The predicted octanol–water partition coefficient (Wildman–Crippen LogP) is 0.794. The summed E-state index contributed by atoms with van der Waals surface area (Å²) >= 11 is 1.28. The first kappa shape index (κ1) is 21.4. The fraction of sp³-hybridized carbons (Fsp3) is 0.368. The van der Waals surface area contributed by atoms with Crippen LogP contribution in [0.3, 0.4) is 0 Å². The number of aromatic nitrogens is 3. The number of aryl methyl sites for hydroxylation is 3. The third kappa shape index (κ3) is 3.60. The molecule has 1 aliphatic rings. The number of hydrogen-bond donors (Lipinski definition) is 1. The molecule has 0 bridgehead atoms. The van der Waals surface area contributed by atoms with E-state index in [4.69, 9.17) is 0 Å². The number of fused-ring (bicyclic) bond motifs is 1. The molecule has 1 fully saturated rings. The second-order valence-electron chi connectivity index (χ2n) is 7.44. The highest BCUT2D eigenvalue weighted by Gasteiger charge is 2.39. The molecule has 3 aromatic rings. The van der Waals surface area contributed by atoms with Crippen molar-refractivity contribution in [1.82, 2.24) is 18.4 Å². The van der Waals surface area contributed by atoms with Crippen molar-refractivity contribution in [3.63, 3.8) is 0 Å². The lowest BCUT2D eigenvalue weighted by Crippen LogP contribution is -2.43. The second kappa shape index (κ2) is 7.70. The Morgan fingerprint density at radius 2 is 1.84 bits per heavy atom. The molecule has 1 N–H and O–H groups in total. The summed E-state index contributed by atoms with van der Waals surface area (Å²) < 4.78 is 30.3. The molecule has 31 heavy (non-hydrogen) atoms. The van der Waals surface area contributed by atoms with Crippen molar-refractivity contribution in [1.29, 1.82) is 0 Å². The van der Waals surface area contributed by atoms with Crippen LogP contribution in [0.2, 0.25) is 0 Å². The molecule has 3 heterocycles. The Morgan fingerprint density at radius 3 is 2.48 bits per heavy atom. The van der Waals surface area contributed by atoms with Gasteiger partial charge in [0, 0.05) is 26.0 Å². The van der Waals surface area contributed by atoms with Gasteiger partial charge in [0.05, 0.1) is 21.6 Å². The molecule has 0 radical (unpaired) electrons. The van der Waals surface area contributed by atoms with Gasteiger partial charge in [0.2, 0.25) is 15.9 Å². The number of nitrogens with zero attached hydrogens (tertiary/aromatic N) is 4. The number of sulfonamides is 1. The summed E-state index contributed by atoms with van der Waals surface area (Å²) in [6.07, 6.45) is 0.949. The molecule has 1 atom stereocenters. The lowest BCUT2D eigenvalue weighted by molar-refractivity contribution is -0.119. The number of nitrogens with one attached hydrogen (secondary N) is 1. The Bertz CT molecular complexity index is 1420. The normalized spacial score (nSPS) is 17.3. The van der Waals surface area contributed by atoms with Gasteiger partial charge >= 0.3 is 11.1 Å². The van der Waals surface area contributed by atoms with Gasteiger partial charge in [-0.1, -0.05) is 0 Å². The Kier molecular flexibility index (Phi) is 5.31. The van der Waals surface area contributed by atoms with Crippen molar-refractivity contribution in [2.24, 2.45) is 14.1 Å². The summed E-state index contributed by atoms with van der Waals surface area (Å²) in [6, 6.07) is 3.39. The standard InChI is InChI=1S/C19H21N5O5S2/c1-11-10-30-19(20-11)21-16(25)14-5-4-8-24(14)31(28,29)12-6-7-13-15(9-12)23(3)18(27)17(26)22(13)2/h6-7,9-10,14H,4-5,8H2,1-3H3,(H,20,21,25). The maximum absolute atomic E-state index is 13.4. The maximum Gasteiger partial charge on any atom is 0.316 e. The highest BCUT2D eigenvalue weighted by atomic mass is 32.2. The van der Waals surface area contributed by atoms with Crippen molar-refractivity contribution in [3.8, 4) is 0 Å². The quantitative estimate of drug-likeness (QED) is 0.571. The first-order chi connectivity index (χ1) is 14.6. The van der Waals surface area contributed by atoms with Gasteiger partial charge in [0.25, 0.3) is 0 Å². The Hall–Kier alpha value is -2.83. The highest BCUT2D eigenvalue weighted by Crippen LogP contribution is 2.28. The van der Waals surface area contributed by atoms with E-state index < -0.39 is 33.1 Å². The molecule has 1 aliphatic heterocycles. The lowest BCUT2D eigenvalue weighted by Gasteiger charge is -2.23. The van der Waals surface area contributed by atoms with Crippen LogP contribution in [-0.4, -0.2) is 45.3 Å². The van der Waals surface area contributed by atoms with Crippen molar-refractivity contribution >= 4 is 43.4 Å². The summed E-state index contributed by atoms with van der Waals surface area (Å²) in [5, 5.41) is 4.92. The van der Waals surface area contributed by atoms with Crippen LogP contribution >= 0.6 is 11.3 Å². The monoisotopic (exact) mass is 463 g/mol. The van der Waals surface area contributed by atoms with Crippen molar-refractivity contribution in [3.05, 3.63) is 50.0 Å². The molecular formula is C19H21N5O5S2. The van der Waals surface area contributed by atoms with E-state index in [1.165, 1.54) is 52.5 Å². The third-order valence-corrected chi connectivity index (χ3v) is 8.20. The molecule has 164 valence electrons. The van der Waals surface area contributed by atoms with E-state index in [0.29, 0.717) is 29.0 Å². The molecular weight excluding hydrogens is 442 g/mol. The highest BCUT2D eigenvalue weighted by molar-refractivity contribution is 7.89. The van der Waals surface area contributed by atoms with E-state index in [2.05, 4.69) is 10.3 Å². The van der Waals surface area contributed by atoms with Gasteiger partial charge in [-0.3, -0.25) is 14.4 Å². The van der Waals surface area contributed by atoms with Gasteiger partial charge in [-0.25, -0.2) is 13.4 Å². The topological polar surface area (TPSA) is 123 Å². The van der Waals surface area contributed by atoms with Crippen molar-refractivity contribution in [2.45, 2.75) is 30.7 Å². The van der Waals surface area contributed by atoms with E-state index in [1.807, 2.05) is 0 Å². The number of benzene rings is 1. The largest absolute Gasteiger partial charge is 0.316 e. The van der Waals surface area contributed by atoms with Crippen LogP contribution in [0.25, 0.3) is 11.0 Å². The van der Waals surface area contributed by atoms with Crippen molar-refractivity contribution in [2.75, 3.05) is 11.9 Å². The van der Waals surface area contributed by atoms with E-state index in [9.17, 15) is 22.8 Å². The maximum atomic E-state index is 13.4. The number of rotatable bonds is 4. The van der Waals surface area contributed by atoms with Crippen LogP contribution in [0.1, 0.15) is 18.5 Å². The molecule has 0 aliphatic carbocycles. The van der Waals surface area contributed by atoms with E-state index in [-0.39, 0.29) is 11.4 Å². The zero-order chi connectivity index (χ0) is 22.5. The average Bonchev–Trinajstić information content (AvgIpc) is 3.39. The average molecular weight is 464 g/mol. The molecule has 0 saturated carbocycles. The van der Waals surface area contributed by atoms with Crippen LogP contribution in [0, 0.1) is 6.92 Å². The summed E-state index contributed by atoms with van der Waals surface area (Å²) in [7, 11) is -1.13. The molecule has 1 amide bonds. The van der Waals surface area contributed by atoms with Gasteiger partial charge in [-0.2, -0.15) is 4.31 Å². The van der Waals surface area contributed by atoms with Crippen LogP contribution in [-0.2, 0) is 28.9 Å². The molecule has 12 heteroatoms. The number of amides is 1. The molecule has 1 saturated heterocycles. The van der Waals surface area contributed by atoms with Crippen LogP contribution in [0.4, 0.5) is 5.13 Å². The number of thiazole rings is 1. The molecule has 1 aromatic carbocycles. The number of carbonyl (C=O) groups excluding carboxylic acids is 1. The smallest absolute Gasteiger partial charge is 0.305 e. The summed E-state index contributed by atoms with van der Waals surface area (Å²) in [6.45, 7) is 2.02. The van der Waals surface area contributed by atoms with Crippen LogP contribution in [0.15, 0.2) is 38.1 Å². The van der Waals surface area contributed by atoms with Gasteiger partial charge in [0.1, 0.15) is 6.04 Å². The van der Waals surface area contributed by atoms with Crippen LogP contribution in [0.5, 0.6) is 0 Å². The van der Waals surface area contributed by atoms with Crippen LogP contribution < -0.4 is 16.4 Å². The molecule has 0 spiro atoms. The minimum Gasteiger partial charge on any atom is -0.305 e. The first-order valence-electron chi connectivity index (χ1n) is 9.56. The molecule has 10 nitrogen and oxygen atoms in total. The van der Waals surface area contributed by atoms with Gasteiger partial charge in [-0.15, -0.1) is 11.3 Å². The Labute approximate surface area is 181 Å². The minimum absolute atomic E-state index is 0.0431. The lowest BCUT2D eigenvalue weighted by atomic mass is 10.2. The number of hydrogen-bond acceptors (Lipinski definition) is 7. The van der Waals surface area contributed by atoms with E-state index in [1.54, 1.807) is 12.3 Å². The molecule has 4 rings (SSSR count). The Balaban J connectivity index is 1.71. The summed E-state index contributed by atoms with van der Waals surface area (Å²) in [5.74, 6) is -0.425. The SMILES string of the molecule is Cc1csc(NC(=O)C2CCCN2S(=O)(=O)c2ccc3c(c2)n(C)c(=O)c(=O)n3C)n1. The van der Waals surface area contributed by atoms with E-state index >= 15 is 0 Å². The van der Waals surface area contributed by atoms with E-state index in [0.717, 1.165) is 10.3 Å². The zero-order valence-corrected chi connectivity index (χ0v) is 18.8. The van der Waals surface area contributed by atoms with Gasteiger partial charge < -0.3 is 14.5 Å². The number of anilines is 1. The first-order valence-corrected chi connectivity index (χ1v) is 11.9. The van der Waals surface area contributed by atoms with Gasteiger partial charge in [0.15, 0.2) is 5.13 Å². The zero-order valence-electron chi connectivity index (χ0n) is 17.2. The molecule has 2 aromatic heterocycles. The second-order valence-corrected chi connectivity index (χ2v) is 10.2. The minimum atomic E-state index is -4.01. The van der Waals surface area contributed by atoms with Gasteiger partial charge in [-0.05, 0) is 38.0 Å². The third-order valence-electron chi connectivity index (χ3n) is 5.42. The fourth-order valence-electron chi connectivity index (χ4n) is 3.75. The predicted molar refractivity (Wildman–Crippen MR) is 117 cm³/mol. The van der Waals surface area contributed by atoms with Crippen molar-refractivity contribution < 1.29 is 13.2 Å².